The van der Waals surface area contributed by atoms with E-state index in [9.17, 15) is 4.79 Å². The van der Waals surface area contributed by atoms with Gasteiger partial charge in [0.1, 0.15) is 6.61 Å². The van der Waals surface area contributed by atoms with Gasteiger partial charge in [-0.1, -0.05) is 11.8 Å². The molecule has 0 aromatic carbocycles. The summed E-state index contributed by atoms with van der Waals surface area (Å²) in [6, 6.07) is 4.01. The molecule has 1 aromatic heterocycles. The van der Waals surface area contributed by atoms with Gasteiger partial charge < -0.3 is 10.0 Å². The summed E-state index contributed by atoms with van der Waals surface area (Å²) >= 11 is 1.62. The Labute approximate surface area is 124 Å². The molecular weight excluding hydrogens is 272 g/mol. The molecule has 2 heterocycles. The van der Waals surface area contributed by atoms with Gasteiger partial charge in [-0.2, -0.15) is 0 Å². The molecule has 108 valence electrons. The fourth-order valence-corrected chi connectivity index (χ4v) is 3.27. The molecule has 0 saturated carbocycles. The summed E-state index contributed by atoms with van der Waals surface area (Å²) < 4.78 is 0. The van der Waals surface area contributed by atoms with Crippen LogP contribution in [0.15, 0.2) is 12.1 Å². The molecule has 4 nitrogen and oxygen atoms in total. The molecule has 0 bridgehead atoms. The van der Waals surface area contributed by atoms with Crippen molar-refractivity contribution in [1.29, 1.82) is 0 Å². The highest BCUT2D eigenvalue weighted by molar-refractivity contribution is 7.12. The van der Waals surface area contributed by atoms with Crippen molar-refractivity contribution < 1.29 is 9.90 Å². The lowest BCUT2D eigenvalue weighted by Crippen LogP contribution is -2.61. The van der Waals surface area contributed by atoms with Crippen molar-refractivity contribution in [2.45, 2.75) is 25.9 Å². The van der Waals surface area contributed by atoms with Crippen LogP contribution in [0.2, 0.25) is 0 Å². The lowest BCUT2D eigenvalue weighted by atomic mass is 9.98. The number of aliphatic hydroxyl groups excluding tert-OH is 1. The highest BCUT2D eigenvalue weighted by Crippen LogP contribution is 2.26. The van der Waals surface area contributed by atoms with Gasteiger partial charge in [0.2, 0.25) is 5.91 Å². The summed E-state index contributed by atoms with van der Waals surface area (Å²) in [6.07, 6.45) is 0. The second-order valence-electron chi connectivity index (χ2n) is 5.43. The Morgan fingerprint density at radius 1 is 1.40 bits per heavy atom. The van der Waals surface area contributed by atoms with Crippen LogP contribution in [0.5, 0.6) is 0 Å². The number of carbonyl (C=O) groups excluding carboxylic acids is 1. The molecule has 0 aliphatic carbocycles. The highest BCUT2D eigenvalue weighted by atomic mass is 32.1. The van der Waals surface area contributed by atoms with Gasteiger partial charge in [0.05, 0.1) is 10.4 Å². The first-order valence-corrected chi connectivity index (χ1v) is 7.46. The molecule has 1 amide bonds. The Bertz CT molecular complexity index is 554. The largest absolute Gasteiger partial charge is 0.384 e. The maximum absolute atomic E-state index is 12.2. The second kappa shape index (κ2) is 5.96. The predicted octanol–water partition coefficient (Wildman–Crippen LogP) is 1.14. The molecular formula is C15H20N2O2S. The third-order valence-corrected chi connectivity index (χ3v) is 4.65. The molecule has 1 N–H and O–H groups in total. The molecule has 0 radical (unpaired) electrons. The van der Waals surface area contributed by atoms with E-state index in [4.69, 9.17) is 5.11 Å². The molecule has 2 rings (SSSR count). The summed E-state index contributed by atoms with van der Waals surface area (Å²) in [5.74, 6) is 5.73. The Morgan fingerprint density at radius 3 is 2.85 bits per heavy atom. The number of rotatable bonds is 2. The number of piperazine rings is 1. The minimum absolute atomic E-state index is 0.118. The number of hydrogen-bond donors (Lipinski definition) is 1. The van der Waals surface area contributed by atoms with Crippen LogP contribution in [0.3, 0.4) is 0 Å². The van der Waals surface area contributed by atoms with Crippen LogP contribution in [0.1, 0.15) is 23.6 Å². The van der Waals surface area contributed by atoms with Crippen molar-refractivity contribution in [1.82, 2.24) is 9.80 Å². The third-order valence-electron chi connectivity index (χ3n) is 3.66. The third kappa shape index (κ3) is 3.04. The standard InChI is InChI=1S/C15H20N2O2S/c1-15(2)14(19)16(3)8-9-17(15)11-13-7-6-12(20-13)5-4-10-18/h6-7,18H,8-11H2,1-3H3. The average Bonchev–Trinajstić information content (AvgIpc) is 2.85. The summed E-state index contributed by atoms with van der Waals surface area (Å²) in [4.78, 5) is 18.4. The fraction of sp³-hybridized carbons (Fsp3) is 0.533. The van der Waals surface area contributed by atoms with E-state index < -0.39 is 5.54 Å². The van der Waals surface area contributed by atoms with Crippen molar-refractivity contribution >= 4 is 17.2 Å². The first kappa shape index (κ1) is 15.0. The predicted molar refractivity (Wildman–Crippen MR) is 80.4 cm³/mol. The first-order valence-electron chi connectivity index (χ1n) is 6.64. The van der Waals surface area contributed by atoms with E-state index in [1.165, 1.54) is 4.88 Å². The average molecular weight is 292 g/mol. The summed E-state index contributed by atoms with van der Waals surface area (Å²) in [5.41, 5.74) is -0.464. The van der Waals surface area contributed by atoms with Crippen LogP contribution in [0, 0.1) is 11.8 Å². The van der Waals surface area contributed by atoms with Gasteiger partial charge in [-0.3, -0.25) is 9.69 Å². The van der Waals surface area contributed by atoms with Crippen molar-refractivity contribution in [3.63, 3.8) is 0 Å². The molecule has 1 saturated heterocycles. The van der Waals surface area contributed by atoms with Gasteiger partial charge >= 0.3 is 0 Å². The normalized spacial score (nSPS) is 18.8. The van der Waals surface area contributed by atoms with Crippen molar-refractivity contribution in [3.8, 4) is 11.8 Å². The Balaban J connectivity index is 2.09. The van der Waals surface area contributed by atoms with Crippen LogP contribution >= 0.6 is 11.3 Å². The summed E-state index contributed by atoms with van der Waals surface area (Å²) in [7, 11) is 1.86. The Morgan fingerprint density at radius 2 is 2.15 bits per heavy atom. The molecule has 0 unspecified atom stereocenters. The van der Waals surface area contributed by atoms with E-state index >= 15 is 0 Å². The molecule has 1 aliphatic heterocycles. The molecule has 20 heavy (non-hydrogen) atoms. The second-order valence-corrected chi connectivity index (χ2v) is 6.60. The Kier molecular flexibility index (Phi) is 4.48. The van der Waals surface area contributed by atoms with E-state index in [0.29, 0.717) is 0 Å². The van der Waals surface area contributed by atoms with Gasteiger partial charge in [-0.15, -0.1) is 11.3 Å². The smallest absolute Gasteiger partial charge is 0.242 e. The van der Waals surface area contributed by atoms with E-state index in [0.717, 1.165) is 24.5 Å². The van der Waals surface area contributed by atoms with E-state index in [1.807, 2.05) is 33.0 Å². The van der Waals surface area contributed by atoms with Gasteiger partial charge in [0, 0.05) is 31.6 Å². The number of carbonyl (C=O) groups is 1. The molecule has 0 spiro atoms. The fourth-order valence-electron chi connectivity index (χ4n) is 2.38. The zero-order valence-corrected chi connectivity index (χ0v) is 13.0. The molecule has 1 aromatic rings. The minimum Gasteiger partial charge on any atom is -0.384 e. The topological polar surface area (TPSA) is 43.8 Å². The number of nitrogens with zero attached hydrogens (tertiary/aromatic N) is 2. The number of amides is 1. The maximum Gasteiger partial charge on any atom is 0.242 e. The van der Waals surface area contributed by atoms with Gasteiger partial charge in [-0.25, -0.2) is 0 Å². The van der Waals surface area contributed by atoms with Crippen molar-refractivity contribution in [3.05, 3.63) is 21.9 Å². The van der Waals surface area contributed by atoms with Gasteiger partial charge in [-0.05, 0) is 26.0 Å². The van der Waals surface area contributed by atoms with Gasteiger partial charge in [0.25, 0.3) is 0 Å². The quantitative estimate of drug-likeness (QED) is 0.832. The SMILES string of the molecule is CN1CCN(Cc2ccc(C#CCO)s2)C(C)(C)C1=O. The summed E-state index contributed by atoms with van der Waals surface area (Å²) in [5, 5.41) is 8.70. The lowest BCUT2D eigenvalue weighted by Gasteiger charge is -2.44. The number of thiophene rings is 1. The van der Waals surface area contributed by atoms with Crippen LogP contribution in [0.4, 0.5) is 0 Å². The molecule has 5 heteroatoms. The van der Waals surface area contributed by atoms with Crippen LogP contribution < -0.4 is 0 Å². The zero-order chi connectivity index (χ0) is 14.8. The van der Waals surface area contributed by atoms with Gasteiger partial charge in [0.15, 0.2) is 0 Å². The van der Waals surface area contributed by atoms with Crippen molar-refractivity contribution in [2.24, 2.45) is 0 Å². The minimum atomic E-state index is -0.464. The number of likely N-dealkylation sites (N-methyl/N-ethyl adjacent to an activating group) is 1. The lowest BCUT2D eigenvalue weighted by molar-refractivity contribution is -0.147. The van der Waals surface area contributed by atoms with Crippen molar-refractivity contribution in [2.75, 3.05) is 26.7 Å². The summed E-state index contributed by atoms with van der Waals surface area (Å²) in [6.45, 7) is 6.25. The van der Waals surface area contributed by atoms with E-state index in [-0.39, 0.29) is 12.5 Å². The number of aliphatic hydroxyl groups is 1. The van der Waals surface area contributed by atoms with E-state index in [1.54, 1.807) is 16.2 Å². The highest BCUT2D eigenvalue weighted by Gasteiger charge is 2.40. The van der Waals surface area contributed by atoms with Crippen LogP contribution in [-0.4, -0.2) is 53.1 Å². The monoisotopic (exact) mass is 292 g/mol. The van der Waals surface area contributed by atoms with Crippen LogP contribution in [-0.2, 0) is 11.3 Å². The molecule has 0 atom stereocenters. The number of hydrogen-bond acceptors (Lipinski definition) is 4. The molecule has 1 fully saturated rings. The van der Waals surface area contributed by atoms with Crippen LogP contribution in [0.25, 0.3) is 0 Å². The first-order chi connectivity index (χ1) is 9.45. The van der Waals surface area contributed by atoms with E-state index in [2.05, 4.69) is 16.7 Å². The molecule has 1 aliphatic rings. The maximum atomic E-state index is 12.2. The Hall–Kier alpha value is -1.35. The zero-order valence-electron chi connectivity index (χ0n) is 12.1.